The van der Waals surface area contributed by atoms with Gasteiger partial charge in [-0.1, -0.05) is 59.6 Å². The van der Waals surface area contributed by atoms with Gasteiger partial charge in [-0.3, -0.25) is 4.79 Å². The molecule has 1 N–H and O–H groups in total. The van der Waals surface area contributed by atoms with Gasteiger partial charge in [0.15, 0.2) is 0 Å². The van der Waals surface area contributed by atoms with E-state index in [1.54, 1.807) is 36.4 Å². The maximum Gasteiger partial charge on any atom is 0.248 e. The van der Waals surface area contributed by atoms with Gasteiger partial charge in [0.1, 0.15) is 12.4 Å². The molecule has 0 aromatic heterocycles. The molecule has 0 bridgehead atoms. The molecule has 0 unspecified atom stereocenters. The quantitative estimate of drug-likeness (QED) is 0.501. The van der Waals surface area contributed by atoms with Gasteiger partial charge < -0.3 is 10.1 Å². The Morgan fingerprint density at radius 2 is 1.70 bits per heavy atom. The highest BCUT2D eigenvalue weighted by Crippen LogP contribution is 2.22. The predicted octanol–water partition coefficient (Wildman–Crippen LogP) is 6.22. The van der Waals surface area contributed by atoms with Crippen molar-refractivity contribution in [3.63, 3.8) is 0 Å². The SMILES string of the molecule is O=C(/C=C/c1ccc(Cl)cc1Cl)Nc1ccc(OCc2ccccc2)cc1. The van der Waals surface area contributed by atoms with E-state index in [9.17, 15) is 4.79 Å². The van der Waals surface area contributed by atoms with Crippen LogP contribution < -0.4 is 10.1 Å². The minimum atomic E-state index is -0.251. The van der Waals surface area contributed by atoms with E-state index in [2.05, 4.69) is 5.32 Å². The number of carbonyl (C=O) groups is 1. The van der Waals surface area contributed by atoms with Crippen molar-refractivity contribution in [2.75, 3.05) is 5.32 Å². The lowest BCUT2D eigenvalue weighted by molar-refractivity contribution is -0.111. The van der Waals surface area contributed by atoms with Crippen molar-refractivity contribution in [1.29, 1.82) is 0 Å². The zero-order valence-corrected chi connectivity index (χ0v) is 15.9. The first-order valence-corrected chi connectivity index (χ1v) is 9.07. The van der Waals surface area contributed by atoms with Crippen LogP contribution >= 0.6 is 23.2 Å². The maximum absolute atomic E-state index is 12.1. The molecule has 0 fully saturated rings. The van der Waals surface area contributed by atoms with Gasteiger partial charge in [-0.15, -0.1) is 0 Å². The Morgan fingerprint density at radius 1 is 0.963 bits per heavy atom. The molecule has 5 heteroatoms. The number of nitrogens with one attached hydrogen (secondary N) is 1. The van der Waals surface area contributed by atoms with E-state index in [1.165, 1.54) is 6.08 Å². The summed E-state index contributed by atoms with van der Waals surface area (Å²) in [6, 6.07) is 22.3. The van der Waals surface area contributed by atoms with Gasteiger partial charge in [0.05, 0.1) is 0 Å². The summed E-state index contributed by atoms with van der Waals surface area (Å²) in [5.41, 5.74) is 2.50. The summed E-state index contributed by atoms with van der Waals surface area (Å²) in [5.74, 6) is 0.485. The highest BCUT2D eigenvalue weighted by atomic mass is 35.5. The summed E-state index contributed by atoms with van der Waals surface area (Å²) >= 11 is 11.9. The summed E-state index contributed by atoms with van der Waals surface area (Å²) in [7, 11) is 0. The molecule has 0 aliphatic carbocycles. The lowest BCUT2D eigenvalue weighted by Gasteiger charge is -2.07. The van der Waals surface area contributed by atoms with Crippen LogP contribution in [0.25, 0.3) is 6.08 Å². The van der Waals surface area contributed by atoms with Crippen molar-refractivity contribution in [2.24, 2.45) is 0 Å². The number of anilines is 1. The molecule has 0 saturated heterocycles. The van der Waals surface area contributed by atoms with Crippen LogP contribution in [0.1, 0.15) is 11.1 Å². The van der Waals surface area contributed by atoms with E-state index in [1.807, 2.05) is 42.5 Å². The molecule has 3 aromatic rings. The first-order valence-electron chi connectivity index (χ1n) is 8.31. The van der Waals surface area contributed by atoms with Crippen molar-refractivity contribution >= 4 is 40.9 Å². The van der Waals surface area contributed by atoms with Crippen LogP contribution in [0.15, 0.2) is 78.9 Å². The summed E-state index contributed by atoms with van der Waals surface area (Å²) in [4.78, 5) is 12.1. The third-order valence-electron chi connectivity index (χ3n) is 3.75. The summed E-state index contributed by atoms with van der Waals surface area (Å²) in [5, 5.41) is 3.84. The fourth-order valence-corrected chi connectivity index (χ4v) is 2.83. The van der Waals surface area contributed by atoms with Crippen LogP contribution in [-0.4, -0.2) is 5.91 Å². The second-order valence-corrected chi connectivity index (χ2v) is 6.63. The molecule has 3 aromatic carbocycles. The Hall–Kier alpha value is -2.75. The molecule has 0 aliphatic rings. The van der Waals surface area contributed by atoms with E-state index in [4.69, 9.17) is 27.9 Å². The number of amides is 1. The Bertz CT molecular complexity index is 938. The molecule has 0 saturated carbocycles. The summed E-state index contributed by atoms with van der Waals surface area (Å²) < 4.78 is 5.73. The molecular formula is C22H17Cl2NO2. The fourth-order valence-electron chi connectivity index (χ4n) is 2.36. The smallest absolute Gasteiger partial charge is 0.248 e. The van der Waals surface area contributed by atoms with Crippen molar-refractivity contribution in [1.82, 2.24) is 0 Å². The molecule has 0 aliphatic heterocycles. The molecule has 1 amide bonds. The number of benzene rings is 3. The maximum atomic E-state index is 12.1. The monoisotopic (exact) mass is 397 g/mol. The Kier molecular flexibility index (Phi) is 6.53. The standard InChI is InChI=1S/C22H17Cl2NO2/c23-18-8-6-17(21(24)14-18)7-13-22(26)25-19-9-11-20(12-10-19)27-15-16-4-2-1-3-5-16/h1-14H,15H2,(H,25,26)/b13-7+. The number of rotatable bonds is 6. The van der Waals surface area contributed by atoms with Crippen LogP contribution in [0.4, 0.5) is 5.69 Å². The van der Waals surface area contributed by atoms with Crippen molar-refractivity contribution in [3.8, 4) is 5.75 Å². The summed E-state index contributed by atoms with van der Waals surface area (Å²) in [6.45, 7) is 0.497. The topological polar surface area (TPSA) is 38.3 Å². The molecule has 0 spiro atoms. The van der Waals surface area contributed by atoms with Gasteiger partial charge in [0, 0.05) is 21.8 Å². The summed E-state index contributed by atoms with van der Waals surface area (Å²) in [6.07, 6.45) is 3.07. The van der Waals surface area contributed by atoms with Crippen LogP contribution in [0.2, 0.25) is 10.0 Å². The molecule has 0 radical (unpaired) electrons. The number of hydrogen-bond donors (Lipinski definition) is 1. The van der Waals surface area contributed by atoms with Gasteiger partial charge in [-0.25, -0.2) is 0 Å². The van der Waals surface area contributed by atoms with Crippen molar-refractivity contribution in [3.05, 3.63) is 100 Å². The van der Waals surface area contributed by atoms with Crippen molar-refractivity contribution in [2.45, 2.75) is 6.61 Å². The van der Waals surface area contributed by atoms with Gasteiger partial charge in [0.25, 0.3) is 0 Å². The average Bonchev–Trinajstić information content (AvgIpc) is 2.67. The second kappa shape index (κ2) is 9.26. The van der Waals surface area contributed by atoms with Crippen molar-refractivity contribution < 1.29 is 9.53 Å². The fraction of sp³-hybridized carbons (Fsp3) is 0.0455. The minimum Gasteiger partial charge on any atom is -0.489 e. The molecule has 0 heterocycles. The van der Waals surface area contributed by atoms with E-state index >= 15 is 0 Å². The van der Waals surface area contributed by atoms with Crippen LogP contribution in [0.3, 0.4) is 0 Å². The van der Waals surface area contributed by atoms with Crippen LogP contribution in [0, 0.1) is 0 Å². The third kappa shape index (κ3) is 5.88. The van der Waals surface area contributed by atoms with Gasteiger partial charge in [-0.2, -0.15) is 0 Å². The highest BCUT2D eigenvalue weighted by molar-refractivity contribution is 6.35. The Labute approximate surface area is 168 Å². The molecule has 3 rings (SSSR count). The van der Waals surface area contributed by atoms with E-state index in [-0.39, 0.29) is 5.91 Å². The number of hydrogen-bond acceptors (Lipinski definition) is 2. The first-order chi connectivity index (χ1) is 13.1. The van der Waals surface area contributed by atoms with Crippen LogP contribution in [0.5, 0.6) is 5.75 Å². The lowest BCUT2D eigenvalue weighted by atomic mass is 10.2. The zero-order valence-electron chi connectivity index (χ0n) is 14.4. The van der Waals surface area contributed by atoms with Crippen LogP contribution in [-0.2, 0) is 11.4 Å². The van der Waals surface area contributed by atoms with Gasteiger partial charge in [0.2, 0.25) is 5.91 Å². The molecule has 27 heavy (non-hydrogen) atoms. The molecule has 136 valence electrons. The van der Waals surface area contributed by atoms with Gasteiger partial charge in [-0.05, 0) is 53.6 Å². The lowest BCUT2D eigenvalue weighted by Crippen LogP contribution is -2.07. The average molecular weight is 398 g/mol. The number of halogens is 2. The normalized spacial score (nSPS) is 10.7. The Morgan fingerprint density at radius 3 is 2.41 bits per heavy atom. The zero-order chi connectivity index (χ0) is 19.1. The molecule has 3 nitrogen and oxygen atoms in total. The minimum absolute atomic E-state index is 0.251. The predicted molar refractivity (Wildman–Crippen MR) is 111 cm³/mol. The van der Waals surface area contributed by atoms with E-state index in [0.29, 0.717) is 22.3 Å². The Balaban J connectivity index is 1.54. The van der Waals surface area contributed by atoms with E-state index < -0.39 is 0 Å². The number of ether oxygens (including phenoxy) is 1. The first kappa shape index (κ1) is 19.0. The third-order valence-corrected chi connectivity index (χ3v) is 4.31. The second-order valence-electron chi connectivity index (χ2n) is 5.79. The molecular weight excluding hydrogens is 381 g/mol. The van der Waals surface area contributed by atoms with Gasteiger partial charge >= 0.3 is 0 Å². The largest absolute Gasteiger partial charge is 0.489 e. The highest BCUT2D eigenvalue weighted by Gasteiger charge is 2.02. The molecule has 0 atom stereocenters. The number of carbonyl (C=O) groups excluding carboxylic acids is 1. The van der Waals surface area contributed by atoms with E-state index in [0.717, 1.165) is 16.9 Å².